The van der Waals surface area contributed by atoms with Crippen molar-refractivity contribution in [3.63, 3.8) is 0 Å². The lowest BCUT2D eigenvalue weighted by atomic mass is 9.64. The summed E-state index contributed by atoms with van der Waals surface area (Å²) in [7, 11) is 0. The van der Waals surface area contributed by atoms with E-state index in [4.69, 9.17) is 11.6 Å². The predicted octanol–water partition coefficient (Wildman–Crippen LogP) is 4.21. The molecule has 0 radical (unpaired) electrons. The van der Waals surface area contributed by atoms with E-state index in [1.54, 1.807) is 0 Å². The molecular weight excluding hydrogens is 308 g/mol. The van der Waals surface area contributed by atoms with Gasteiger partial charge in [-0.25, -0.2) is 9.97 Å². The summed E-state index contributed by atoms with van der Waals surface area (Å²) in [5.41, 5.74) is 2.37. The van der Waals surface area contributed by atoms with Crippen molar-refractivity contribution < 1.29 is 0 Å². The highest BCUT2D eigenvalue weighted by Gasteiger charge is 2.38. The van der Waals surface area contributed by atoms with Crippen LogP contribution < -0.4 is 5.32 Å². The molecule has 0 unspecified atom stereocenters. The first-order chi connectivity index (χ1) is 11.3. The highest BCUT2D eigenvalue weighted by molar-refractivity contribution is 6.28. The number of para-hydroxylation sites is 1. The first-order valence-electron chi connectivity index (χ1n) is 7.84. The quantitative estimate of drug-likeness (QED) is 0.730. The molecule has 0 spiro atoms. The normalized spacial score (nSPS) is 16.0. The van der Waals surface area contributed by atoms with Crippen LogP contribution >= 0.6 is 11.6 Å². The van der Waals surface area contributed by atoms with Gasteiger partial charge in [-0.1, -0.05) is 18.6 Å². The molecule has 1 aliphatic carbocycles. The van der Waals surface area contributed by atoms with Crippen molar-refractivity contribution in [2.75, 3.05) is 11.9 Å². The Morgan fingerprint density at radius 2 is 1.83 bits per heavy atom. The van der Waals surface area contributed by atoms with E-state index in [0.717, 1.165) is 23.3 Å². The molecule has 1 N–H and O–H groups in total. The third-order valence-electron chi connectivity index (χ3n) is 4.77. The molecule has 0 amide bonds. The molecular formula is C18H17ClN4. The predicted molar refractivity (Wildman–Crippen MR) is 92.8 cm³/mol. The molecule has 116 valence electrons. The Morgan fingerprint density at radius 3 is 2.57 bits per heavy atom. The monoisotopic (exact) mass is 324 g/mol. The van der Waals surface area contributed by atoms with Gasteiger partial charge in [0.15, 0.2) is 0 Å². The minimum absolute atomic E-state index is 0.168. The van der Waals surface area contributed by atoms with Crippen LogP contribution in [0.2, 0.25) is 5.28 Å². The number of benzene rings is 1. The average molecular weight is 325 g/mol. The largest absolute Gasteiger partial charge is 0.369 e. The highest BCUT2D eigenvalue weighted by atomic mass is 35.5. The van der Waals surface area contributed by atoms with Crippen molar-refractivity contribution in [3.05, 3.63) is 59.6 Å². The Bertz CT molecular complexity index is 831. The van der Waals surface area contributed by atoms with Gasteiger partial charge in [0.1, 0.15) is 5.82 Å². The molecule has 0 aliphatic heterocycles. The van der Waals surface area contributed by atoms with Gasteiger partial charge in [-0.05, 0) is 54.3 Å². The summed E-state index contributed by atoms with van der Waals surface area (Å²) in [5, 5.41) is 4.79. The molecule has 0 bridgehead atoms. The zero-order valence-corrected chi connectivity index (χ0v) is 13.4. The number of pyridine rings is 1. The number of fused-ring (bicyclic) bond motifs is 1. The molecule has 1 aliphatic rings. The van der Waals surface area contributed by atoms with Crippen LogP contribution in [0.25, 0.3) is 10.9 Å². The zero-order valence-electron chi connectivity index (χ0n) is 12.7. The molecule has 4 nitrogen and oxygen atoms in total. The van der Waals surface area contributed by atoms with E-state index in [1.165, 1.54) is 24.8 Å². The van der Waals surface area contributed by atoms with Gasteiger partial charge in [-0.15, -0.1) is 0 Å². The fourth-order valence-corrected chi connectivity index (χ4v) is 3.49. The summed E-state index contributed by atoms with van der Waals surface area (Å²) >= 11 is 6.07. The van der Waals surface area contributed by atoms with Crippen LogP contribution in [-0.2, 0) is 5.41 Å². The maximum Gasteiger partial charge on any atom is 0.224 e. The average Bonchev–Trinajstić information content (AvgIpc) is 2.54. The first kappa shape index (κ1) is 14.4. The van der Waals surface area contributed by atoms with E-state index in [0.29, 0.717) is 0 Å². The molecule has 2 aromatic heterocycles. The minimum Gasteiger partial charge on any atom is -0.369 e. The van der Waals surface area contributed by atoms with Gasteiger partial charge in [0.2, 0.25) is 5.28 Å². The fourth-order valence-electron chi connectivity index (χ4n) is 3.31. The van der Waals surface area contributed by atoms with Gasteiger partial charge in [-0.3, -0.25) is 4.98 Å². The Hall–Kier alpha value is -2.20. The molecule has 1 aromatic carbocycles. The number of nitrogens with one attached hydrogen (secondary N) is 1. The van der Waals surface area contributed by atoms with Crippen molar-refractivity contribution in [3.8, 4) is 0 Å². The lowest BCUT2D eigenvalue weighted by Gasteiger charge is -2.42. The van der Waals surface area contributed by atoms with Gasteiger partial charge in [0.05, 0.1) is 5.52 Å². The molecule has 23 heavy (non-hydrogen) atoms. The molecule has 0 saturated heterocycles. The number of aromatic nitrogens is 3. The lowest BCUT2D eigenvalue weighted by molar-refractivity contribution is 0.260. The summed E-state index contributed by atoms with van der Waals surface area (Å²) in [6.07, 6.45) is 7.36. The molecule has 0 atom stereocenters. The van der Waals surface area contributed by atoms with Crippen LogP contribution in [0.4, 0.5) is 5.82 Å². The van der Waals surface area contributed by atoms with Gasteiger partial charge in [0, 0.05) is 29.7 Å². The second-order valence-corrected chi connectivity index (χ2v) is 6.42. The zero-order chi connectivity index (χ0) is 15.7. The van der Waals surface area contributed by atoms with Crippen molar-refractivity contribution in [2.24, 2.45) is 0 Å². The van der Waals surface area contributed by atoms with E-state index in [1.807, 2.05) is 36.7 Å². The molecule has 5 heteroatoms. The van der Waals surface area contributed by atoms with Crippen LogP contribution in [0.5, 0.6) is 0 Å². The van der Waals surface area contributed by atoms with Crippen molar-refractivity contribution in [2.45, 2.75) is 24.7 Å². The van der Waals surface area contributed by atoms with Gasteiger partial charge < -0.3 is 5.32 Å². The topological polar surface area (TPSA) is 50.7 Å². The first-order valence-corrected chi connectivity index (χ1v) is 8.21. The van der Waals surface area contributed by atoms with Crippen molar-refractivity contribution in [1.29, 1.82) is 0 Å². The SMILES string of the molecule is Clc1nc(NCC2(c3ccncc3)CCC2)c2ccccc2n1. The third-order valence-corrected chi connectivity index (χ3v) is 4.94. The molecule has 2 heterocycles. The van der Waals surface area contributed by atoms with Crippen LogP contribution in [0.15, 0.2) is 48.8 Å². The molecule has 1 saturated carbocycles. The van der Waals surface area contributed by atoms with Crippen LogP contribution in [-0.4, -0.2) is 21.5 Å². The van der Waals surface area contributed by atoms with E-state index in [-0.39, 0.29) is 10.7 Å². The van der Waals surface area contributed by atoms with E-state index < -0.39 is 0 Å². The standard InChI is InChI=1S/C18H17ClN4/c19-17-22-15-5-2-1-4-14(15)16(23-17)21-12-18(8-3-9-18)13-6-10-20-11-7-13/h1-2,4-7,10-11H,3,8-9,12H2,(H,21,22,23). The summed E-state index contributed by atoms with van der Waals surface area (Å²) in [4.78, 5) is 12.8. The van der Waals surface area contributed by atoms with Crippen molar-refractivity contribution >= 4 is 28.3 Å². The van der Waals surface area contributed by atoms with Crippen LogP contribution in [0.3, 0.4) is 0 Å². The Morgan fingerprint density at radius 1 is 1.04 bits per heavy atom. The molecule has 1 fully saturated rings. The second kappa shape index (κ2) is 5.78. The maximum absolute atomic E-state index is 6.07. The summed E-state index contributed by atoms with van der Waals surface area (Å²) < 4.78 is 0. The van der Waals surface area contributed by atoms with E-state index >= 15 is 0 Å². The number of hydrogen-bond acceptors (Lipinski definition) is 4. The minimum atomic E-state index is 0.168. The third kappa shape index (κ3) is 2.63. The summed E-state index contributed by atoms with van der Waals surface area (Å²) in [5.74, 6) is 0.806. The van der Waals surface area contributed by atoms with Crippen LogP contribution in [0.1, 0.15) is 24.8 Å². The Kier molecular flexibility index (Phi) is 3.62. The summed E-state index contributed by atoms with van der Waals surface area (Å²) in [6, 6.07) is 12.2. The van der Waals surface area contributed by atoms with Gasteiger partial charge in [0.25, 0.3) is 0 Å². The molecule has 3 aromatic rings. The van der Waals surface area contributed by atoms with E-state index in [9.17, 15) is 0 Å². The number of hydrogen-bond donors (Lipinski definition) is 1. The van der Waals surface area contributed by atoms with Crippen LogP contribution in [0, 0.1) is 0 Å². The number of halogens is 1. The molecule has 4 rings (SSSR count). The maximum atomic E-state index is 6.07. The smallest absolute Gasteiger partial charge is 0.224 e. The Balaban J connectivity index is 1.64. The highest BCUT2D eigenvalue weighted by Crippen LogP contribution is 2.43. The second-order valence-electron chi connectivity index (χ2n) is 6.08. The number of nitrogens with zero attached hydrogens (tertiary/aromatic N) is 3. The number of anilines is 1. The van der Waals surface area contributed by atoms with Crippen molar-refractivity contribution in [1.82, 2.24) is 15.0 Å². The summed E-state index contributed by atoms with van der Waals surface area (Å²) in [6.45, 7) is 0.842. The van der Waals surface area contributed by atoms with Gasteiger partial charge >= 0.3 is 0 Å². The van der Waals surface area contributed by atoms with E-state index in [2.05, 4.69) is 32.4 Å². The fraction of sp³-hybridized carbons (Fsp3) is 0.278. The number of rotatable bonds is 4. The lowest BCUT2D eigenvalue weighted by Crippen LogP contribution is -2.41. The van der Waals surface area contributed by atoms with Gasteiger partial charge in [-0.2, -0.15) is 0 Å². The Labute approximate surface area is 140 Å².